The Morgan fingerprint density at radius 3 is 3.10 bits per heavy atom. The third-order valence-corrected chi connectivity index (χ3v) is 3.67. The molecule has 2 heterocycles. The average molecular weight is 292 g/mol. The lowest BCUT2D eigenvalue weighted by atomic mass is 10.1. The highest BCUT2D eigenvalue weighted by atomic mass is 35.5. The van der Waals surface area contributed by atoms with Gasteiger partial charge in [-0.1, -0.05) is 23.7 Å². The topological polar surface area (TPSA) is 67.1 Å². The number of carboxylic acid groups (broad SMARTS) is 1. The Morgan fingerprint density at radius 1 is 1.50 bits per heavy atom. The molecular formula is C14H14ClN3O2. The van der Waals surface area contributed by atoms with Crippen molar-refractivity contribution in [2.24, 2.45) is 0 Å². The van der Waals surface area contributed by atoms with Gasteiger partial charge in [0.1, 0.15) is 0 Å². The van der Waals surface area contributed by atoms with Crippen LogP contribution in [0.4, 0.5) is 0 Å². The van der Waals surface area contributed by atoms with Crippen LogP contribution in [0.25, 0.3) is 0 Å². The minimum atomic E-state index is -0.977. The standard InChI is InChI=1S/C14H14ClN3O2/c15-10-3-1-2-9(6-10)8-18-12-4-5-16-7-11(12)13(17-18)14(19)20/h1-3,6,16H,4-5,7-8H2,(H,19,20). The molecule has 0 spiro atoms. The van der Waals surface area contributed by atoms with Crippen LogP contribution in [0, 0.1) is 0 Å². The molecule has 0 saturated heterocycles. The Kier molecular flexibility index (Phi) is 3.46. The van der Waals surface area contributed by atoms with E-state index in [-0.39, 0.29) is 5.69 Å². The Labute approximate surface area is 121 Å². The minimum absolute atomic E-state index is 0.147. The number of rotatable bonds is 3. The number of benzene rings is 1. The van der Waals surface area contributed by atoms with Crippen molar-refractivity contribution in [2.75, 3.05) is 6.54 Å². The van der Waals surface area contributed by atoms with Crippen molar-refractivity contribution >= 4 is 17.6 Å². The van der Waals surface area contributed by atoms with Gasteiger partial charge in [-0.15, -0.1) is 0 Å². The second-order valence-electron chi connectivity index (χ2n) is 4.79. The maximum atomic E-state index is 11.3. The summed E-state index contributed by atoms with van der Waals surface area (Å²) in [4.78, 5) is 11.3. The number of hydrogen-bond donors (Lipinski definition) is 2. The maximum Gasteiger partial charge on any atom is 0.356 e. The molecule has 0 radical (unpaired) electrons. The van der Waals surface area contributed by atoms with Gasteiger partial charge in [0.2, 0.25) is 0 Å². The van der Waals surface area contributed by atoms with Crippen LogP contribution in [0.1, 0.15) is 27.3 Å². The first-order chi connectivity index (χ1) is 9.65. The van der Waals surface area contributed by atoms with E-state index in [0.717, 1.165) is 29.8 Å². The largest absolute Gasteiger partial charge is 0.476 e. The zero-order valence-corrected chi connectivity index (χ0v) is 11.5. The van der Waals surface area contributed by atoms with E-state index in [9.17, 15) is 9.90 Å². The van der Waals surface area contributed by atoms with Gasteiger partial charge in [-0.05, 0) is 17.7 Å². The normalized spacial score (nSPS) is 14.1. The second-order valence-corrected chi connectivity index (χ2v) is 5.23. The molecule has 20 heavy (non-hydrogen) atoms. The van der Waals surface area contributed by atoms with Crippen LogP contribution in [-0.2, 0) is 19.5 Å². The number of aromatic nitrogens is 2. The number of fused-ring (bicyclic) bond motifs is 1. The zero-order valence-electron chi connectivity index (χ0n) is 10.8. The van der Waals surface area contributed by atoms with Gasteiger partial charge in [-0.3, -0.25) is 4.68 Å². The molecule has 0 bridgehead atoms. The molecule has 3 rings (SSSR count). The van der Waals surface area contributed by atoms with E-state index in [1.807, 2.05) is 24.3 Å². The van der Waals surface area contributed by atoms with Crippen LogP contribution >= 0.6 is 11.6 Å². The Hall–Kier alpha value is -1.85. The van der Waals surface area contributed by atoms with Crippen LogP contribution in [0.15, 0.2) is 24.3 Å². The van der Waals surface area contributed by atoms with E-state index in [0.29, 0.717) is 18.1 Å². The van der Waals surface area contributed by atoms with Gasteiger partial charge in [-0.2, -0.15) is 5.10 Å². The Bertz CT molecular complexity index is 666. The molecule has 104 valence electrons. The fourth-order valence-corrected chi connectivity index (χ4v) is 2.74. The number of aromatic carboxylic acids is 1. The summed E-state index contributed by atoms with van der Waals surface area (Å²) >= 11 is 5.98. The van der Waals surface area contributed by atoms with Crippen molar-refractivity contribution in [3.63, 3.8) is 0 Å². The van der Waals surface area contributed by atoms with Crippen LogP contribution < -0.4 is 5.32 Å². The lowest BCUT2D eigenvalue weighted by molar-refractivity contribution is 0.0688. The predicted octanol–water partition coefficient (Wildman–Crippen LogP) is 1.93. The molecule has 2 N–H and O–H groups in total. The molecule has 0 saturated carbocycles. The van der Waals surface area contributed by atoms with Crippen molar-refractivity contribution in [1.82, 2.24) is 15.1 Å². The molecular weight excluding hydrogens is 278 g/mol. The monoisotopic (exact) mass is 291 g/mol. The number of nitrogens with zero attached hydrogens (tertiary/aromatic N) is 2. The molecule has 0 fully saturated rings. The lowest BCUT2D eigenvalue weighted by Gasteiger charge is -2.15. The van der Waals surface area contributed by atoms with Crippen LogP contribution in [0.5, 0.6) is 0 Å². The van der Waals surface area contributed by atoms with Gasteiger partial charge in [0.15, 0.2) is 5.69 Å². The molecule has 0 aliphatic carbocycles. The molecule has 0 atom stereocenters. The molecule has 1 aromatic carbocycles. The van der Waals surface area contributed by atoms with Gasteiger partial charge in [0, 0.05) is 35.8 Å². The number of halogens is 1. The van der Waals surface area contributed by atoms with Crippen LogP contribution in [-0.4, -0.2) is 27.4 Å². The maximum absolute atomic E-state index is 11.3. The highest BCUT2D eigenvalue weighted by Gasteiger charge is 2.24. The number of carboxylic acids is 1. The van der Waals surface area contributed by atoms with Crippen molar-refractivity contribution in [2.45, 2.75) is 19.5 Å². The Balaban J connectivity index is 1.99. The van der Waals surface area contributed by atoms with Crippen LogP contribution in [0.3, 0.4) is 0 Å². The van der Waals surface area contributed by atoms with Crippen molar-refractivity contribution in [3.8, 4) is 0 Å². The molecule has 0 amide bonds. The number of nitrogens with one attached hydrogen (secondary N) is 1. The summed E-state index contributed by atoms with van der Waals surface area (Å²) < 4.78 is 1.78. The van der Waals surface area contributed by atoms with E-state index >= 15 is 0 Å². The summed E-state index contributed by atoms with van der Waals surface area (Å²) in [6.45, 7) is 1.94. The minimum Gasteiger partial charge on any atom is -0.476 e. The highest BCUT2D eigenvalue weighted by molar-refractivity contribution is 6.30. The molecule has 1 aliphatic heterocycles. The van der Waals surface area contributed by atoms with Gasteiger partial charge in [0.05, 0.1) is 6.54 Å². The van der Waals surface area contributed by atoms with E-state index in [1.54, 1.807) is 4.68 Å². The summed E-state index contributed by atoms with van der Waals surface area (Å²) in [5, 5.41) is 17.3. The van der Waals surface area contributed by atoms with Crippen molar-refractivity contribution in [1.29, 1.82) is 0 Å². The first kappa shape index (κ1) is 13.1. The second kappa shape index (κ2) is 5.26. The number of hydrogen-bond acceptors (Lipinski definition) is 3. The highest BCUT2D eigenvalue weighted by Crippen LogP contribution is 2.20. The van der Waals surface area contributed by atoms with Gasteiger partial charge >= 0.3 is 5.97 Å². The average Bonchev–Trinajstić information content (AvgIpc) is 2.78. The third kappa shape index (κ3) is 2.42. The molecule has 1 aliphatic rings. The Morgan fingerprint density at radius 2 is 2.35 bits per heavy atom. The van der Waals surface area contributed by atoms with E-state index in [4.69, 9.17) is 11.6 Å². The zero-order chi connectivity index (χ0) is 14.1. The number of carbonyl (C=O) groups is 1. The van der Waals surface area contributed by atoms with Crippen LogP contribution in [0.2, 0.25) is 5.02 Å². The molecule has 2 aromatic rings. The predicted molar refractivity (Wildman–Crippen MR) is 75.2 cm³/mol. The van der Waals surface area contributed by atoms with Crippen molar-refractivity contribution in [3.05, 3.63) is 51.8 Å². The smallest absolute Gasteiger partial charge is 0.356 e. The summed E-state index contributed by atoms with van der Waals surface area (Å²) in [5.41, 5.74) is 2.96. The SMILES string of the molecule is O=C(O)c1nn(Cc2cccc(Cl)c2)c2c1CNCC2. The van der Waals surface area contributed by atoms with E-state index < -0.39 is 5.97 Å². The summed E-state index contributed by atoms with van der Waals surface area (Å²) in [6, 6.07) is 7.53. The molecule has 5 nitrogen and oxygen atoms in total. The lowest BCUT2D eigenvalue weighted by Crippen LogP contribution is -2.25. The summed E-state index contributed by atoms with van der Waals surface area (Å²) in [7, 11) is 0. The van der Waals surface area contributed by atoms with Gasteiger partial charge in [-0.25, -0.2) is 4.79 Å². The van der Waals surface area contributed by atoms with Crippen molar-refractivity contribution < 1.29 is 9.90 Å². The fraction of sp³-hybridized carbons (Fsp3) is 0.286. The first-order valence-electron chi connectivity index (χ1n) is 6.42. The third-order valence-electron chi connectivity index (χ3n) is 3.43. The van der Waals surface area contributed by atoms with E-state index in [2.05, 4.69) is 10.4 Å². The fourth-order valence-electron chi connectivity index (χ4n) is 2.53. The quantitative estimate of drug-likeness (QED) is 0.907. The van der Waals surface area contributed by atoms with Gasteiger partial charge in [0.25, 0.3) is 0 Å². The molecule has 6 heteroatoms. The summed E-state index contributed by atoms with van der Waals surface area (Å²) in [5.74, 6) is -0.977. The molecule has 0 unspecified atom stereocenters. The summed E-state index contributed by atoms with van der Waals surface area (Å²) in [6.07, 6.45) is 0.788. The van der Waals surface area contributed by atoms with Gasteiger partial charge < -0.3 is 10.4 Å². The first-order valence-corrected chi connectivity index (χ1v) is 6.80. The molecule has 1 aromatic heterocycles. The van der Waals surface area contributed by atoms with E-state index in [1.165, 1.54) is 0 Å².